The molecule has 1 aliphatic heterocycles. The average Bonchev–Trinajstić information content (AvgIpc) is 2.29. The van der Waals surface area contributed by atoms with E-state index in [0.29, 0.717) is 24.1 Å². The highest BCUT2D eigenvalue weighted by atomic mass is 16.5. The van der Waals surface area contributed by atoms with Gasteiger partial charge in [0.2, 0.25) is 6.41 Å². The average molecular weight is 233 g/mol. The Labute approximate surface area is 98.9 Å². The molecular formula is C11H12BNO4. The maximum absolute atomic E-state index is 11.4. The Hall–Kier alpha value is -1.82. The van der Waals surface area contributed by atoms with E-state index in [0.717, 1.165) is 5.56 Å². The summed E-state index contributed by atoms with van der Waals surface area (Å²) in [7, 11) is -1.13. The summed E-state index contributed by atoms with van der Waals surface area (Å²) in [5.74, 6) is -0.186. The van der Waals surface area contributed by atoms with Crippen molar-refractivity contribution in [2.24, 2.45) is 0 Å². The Morgan fingerprint density at radius 3 is 3.06 bits per heavy atom. The number of amides is 1. The third-order valence-corrected chi connectivity index (χ3v) is 2.78. The van der Waals surface area contributed by atoms with Crippen LogP contribution in [0.1, 0.15) is 22.8 Å². The molecule has 0 fully saturated rings. The first kappa shape index (κ1) is 11.7. The predicted molar refractivity (Wildman–Crippen MR) is 61.7 cm³/mol. The Balaban J connectivity index is 2.37. The number of hydrogen-bond acceptors (Lipinski definition) is 4. The van der Waals surface area contributed by atoms with Gasteiger partial charge in [0.25, 0.3) is 0 Å². The topological polar surface area (TPSA) is 75.6 Å². The lowest BCUT2D eigenvalue weighted by Gasteiger charge is -2.28. The number of nitrogens with one attached hydrogen (secondary N) is 1. The van der Waals surface area contributed by atoms with Crippen LogP contribution in [0.4, 0.5) is 0 Å². The van der Waals surface area contributed by atoms with E-state index >= 15 is 0 Å². The second kappa shape index (κ2) is 4.59. The number of carbonyl (C=O) groups excluding carboxylic acids is 2. The maximum Gasteiger partial charge on any atom is 0.547 e. The van der Waals surface area contributed by atoms with Gasteiger partial charge in [0.05, 0.1) is 11.5 Å². The van der Waals surface area contributed by atoms with Gasteiger partial charge >= 0.3 is 7.12 Å². The van der Waals surface area contributed by atoms with Gasteiger partial charge in [-0.25, -0.2) is 0 Å². The lowest BCUT2D eigenvalue weighted by Crippen LogP contribution is -2.50. The van der Waals surface area contributed by atoms with E-state index < -0.39 is 13.1 Å². The van der Waals surface area contributed by atoms with Gasteiger partial charge in [0.15, 0.2) is 5.78 Å². The SMILES string of the molecule is CC(=O)c1cccc2c1OB(O)[C@@H](NC=O)C2. The first-order valence-corrected chi connectivity index (χ1v) is 5.30. The van der Waals surface area contributed by atoms with Crippen molar-refractivity contribution in [3.63, 3.8) is 0 Å². The van der Waals surface area contributed by atoms with Crippen LogP contribution in [0.2, 0.25) is 0 Å². The van der Waals surface area contributed by atoms with Crippen molar-refractivity contribution in [2.75, 3.05) is 0 Å². The summed E-state index contributed by atoms with van der Waals surface area (Å²) >= 11 is 0. The smallest absolute Gasteiger partial charge is 0.534 e. The summed E-state index contributed by atoms with van der Waals surface area (Å²) in [6.45, 7) is 1.45. The molecule has 88 valence electrons. The second-order valence-corrected chi connectivity index (χ2v) is 3.95. The highest BCUT2D eigenvalue weighted by Crippen LogP contribution is 2.30. The molecule has 0 saturated carbocycles. The lowest BCUT2D eigenvalue weighted by molar-refractivity contribution is -0.109. The predicted octanol–water partition coefficient (Wildman–Crippen LogP) is -0.0416. The molecule has 0 aromatic heterocycles. The molecule has 1 atom stereocenters. The first-order valence-electron chi connectivity index (χ1n) is 5.30. The molecule has 0 aliphatic carbocycles. The van der Waals surface area contributed by atoms with Crippen LogP contribution in [0.5, 0.6) is 5.75 Å². The molecule has 2 N–H and O–H groups in total. The molecule has 0 unspecified atom stereocenters. The maximum atomic E-state index is 11.4. The van der Waals surface area contributed by atoms with E-state index in [9.17, 15) is 14.6 Å². The van der Waals surface area contributed by atoms with Gasteiger partial charge in [-0.1, -0.05) is 12.1 Å². The largest absolute Gasteiger partial charge is 0.547 e. The minimum atomic E-state index is -1.13. The highest BCUT2D eigenvalue weighted by molar-refractivity contribution is 6.46. The van der Waals surface area contributed by atoms with E-state index in [1.165, 1.54) is 6.92 Å². The van der Waals surface area contributed by atoms with Crippen molar-refractivity contribution >= 4 is 19.3 Å². The van der Waals surface area contributed by atoms with Crippen LogP contribution in [0.3, 0.4) is 0 Å². The van der Waals surface area contributed by atoms with Gasteiger partial charge in [-0.2, -0.15) is 0 Å². The Bertz CT molecular complexity index is 463. The third kappa shape index (κ3) is 2.17. The number of benzene rings is 1. The van der Waals surface area contributed by atoms with E-state index in [1.807, 2.05) is 6.07 Å². The van der Waals surface area contributed by atoms with Crippen molar-refractivity contribution in [1.29, 1.82) is 0 Å². The molecule has 0 spiro atoms. The number of para-hydroxylation sites is 1. The summed E-state index contributed by atoms with van der Waals surface area (Å²) in [5, 5.41) is 12.2. The lowest BCUT2D eigenvalue weighted by atomic mass is 9.72. The zero-order valence-electron chi connectivity index (χ0n) is 9.34. The van der Waals surface area contributed by atoms with Crippen LogP contribution < -0.4 is 9.97 Å². The van der Waals surface area contributed by atoms with Crippen LogP contribution in [0, 0.1) is 0 Å². The molecule has 0 radical (unpaired) electrons. The van der Waals surface area contributed by atoms with Crippen LogP contribution in [-0.2, 0) is 11.2 Å². The summed E-state index contributed by atoms with van der Waals surface area (Å²) in [6.07, 6.45) is 0.966. The van der Waals surface area contributed by atoms with Gasteiger partial charge in [0.1, 0.15) is 5.75 Å². The number of fused-ring (bicyclic) bond motifs is 1. The van der Waals surface area contributed by atoms with Gasteiger partial charge in [-0.15, -0.1) is 0 Å². The highest BCUT2D eigenvalue weighted by Gasteiger charge is 2.35. The van der Waals surface area contributed by atoms with Gasteiger partial charge in [-0.05, 0) is 25.0 Å². The third-order valence-electron chi connectivity index (χ3n) is 2.78. The standard InChI is InChI=1S/C11H12BNO4/c1-7(15)9-4-2-3-8-5-10(13-6-14)12(16)17-11(8)9/h2-4,6,10,16H,5H2,1H3,(H,13,14)/t10-/m0/s1. The van der Waals surface area contributed by atoms with Gasteiger partial charge in [-0.3, -0.25) is 9.59 Å². The molecule has 17 heavy (non-hydrogen) atoms. The molecule has 1 aromatic rings. The van der Waals surface area contributed by atoms with Crippen LogP contribution in [0.25, 0.3) is 0 Å². The number of ketones is 1. The molecular weight excluding hydrogens is 221 g/mol. The van der Waals surface area contributed by atoms with Crippen molar-refractivity contribution in [2.45, 2.75) is 19.3 Å². The van der Waals surface area contributed by atoms with E-state index in [-0.39, 0.29) is 5.78 Å². The van der Waals surface area contributed by atoms with E-state index in [2.05, 4.69) is 5.32 Å². The van der Waals surface area contributed by atoms with Gasteiger partial charge < -0.3 is 15.0 Å². The molecule has 1 aliphatic rings. The summed E-state index contributed by atoms with van der Waals surface area (Å²) in [6, 6.07) is 5.23. The summed E-state index contributed by atoms with van der Waals surface area (Å²) in [4.78, 5) is 21.8. The summed E-state index contributed by atoms with van der Waals surface area (Å²) < 4.78 is 5.30. The zero-order valence-corrected chi connectivity index (χ0v) is 9.34. The fourth-order valence-electron chi connectivity index (χ4n) is 1.93. The quantitative estimate of drug-likeness (QED) is 0.436. The number of carbonyl (C=O) groups is 2. The minimum absolute atomic E-state index is 0.115. The van der Waals surface area contributed by atoms with E-state index in [4.69, 9.17) is 4.65 Å². The molecule has 1 aromatic carbocycles. The molecule has 1 amide bonds. The van der Waals surface area contributed by atoms with Crippen molar-refractivity contribution in [3.8, 4) is 5.75 Å². The fraction of sp³-hybridized carbons (Fsp3) is 0.273. The van der Waals surface area contributed by atoms with Crippen LogP contribution in [0.15, 0.2) is 18.2 Å². The number of rotatable bonds is 3. The molecule has 6 heteroatoms. The molecule has 5 nitrogen and oxygen atoms in total. The normalized spacial score (nSPS) is 18.0. The van der Waals surface area contributed by atoms with Gasteiger partial charge in [0, 0.05) is 0 Å². The molecule has 0 bridgehead atoms. The zero-order chi connectivity index (χ0) is 12.4. The van der Waals surface area contributed by atoms with Crippen molar-refractivity contribution < 1.29 is 19.3 Å². The second-order valence-electron chi connectivity index (χ2n) is 3.95. The summed E-state index contributed by atoms with van der Waals surface area (Å²) in [5.41, 5.74) is 1.26. The van der Waals surface area contributed by atoms with Crippen LogP contribution in [-0.4, -0.2) is 30.3 Å². The first-order chi connectivity index (χ1) is 8.13. The van der Waals surface area contributed by atoms with Crippen molar-refractivity contribution in [3.05, 3.63) is 29.3 Å². The van der Waals surface area contributed by atoms with E-state index in [1.54, 1.807) is 12.1 Å². The minimum Gasteiger partial charge on any atom is -0.534 e. The molecule has 1 heterocycles. The fourth-order valence-corrected chi connectivity index (χ4v) is 1.93. The van der Waals surface area contributed by atoms with Crippen molar-refractivity contribution in [1.82, 2.24) is 5.32 Å². The Morgan fingerprint density at radius 1 is 1.65 bits per heavy atom. The number of Topliss-reactive ketones (excluding diaryl/α,β-unsaturated/α-hetero) is 1. The Morgan fingerprint density at radius 2 is 2.41 bits per heavy atom. The molecule has 2 rings (SSSR count). The Kier molecular flexibility index (Phi) is 3.15. The molecule has 0 saturated heterocycles. The number of hydrogen-bond donors (Lipinski definition) is 2. The van der Waals surface area contributed by atoms with Crippen LogP contribution >= 0.6 is 0 Å². The monoisotopic (exact) mass is 233 g/mol.